The number of ether oxygens (including phenoxy) is 1. The molecule has 4 nitrogen and oxygen atoms in total. The third kappa shape index (κ3) is 3.24. The van der Waals surface area contributed by atoms with Crippen LogP contribution in [0.5, 0.6) is 11.8 Å². The fourth-order valence-corrected chi connectivity index (χ4v) is 1.68. The van der Waals surface area contributed by atoms with Gasteiger partial charge in [0.05, 0.1) is 0 Å². The van der Waals surface area contributed by atoms with Gasteiger partial charge in [0.1, 0.15) is 0 Å². The van der Waals surface area contributed by atoms with Crippen LogP contribution < -0.4 is 10.5 Å². The number of aromatic nitrogens is 2. The van der Waals surface area contributed by atoms with E-state index in [1.54, 1.807) is 18.5 Å². The van der Waals surface area contributed by atoms with E-state index in [1.807, 2.05) is 0 Å². The molecule has 0 saturated carbocycles. The van der Waals surface area contributed by atoms with Crippen LogP contribution >= 0.6 is 15.9 Å². The first-order chi connectivity index (χ1) is 8.69. The average Bonchev–Trinajstić information content (AvgIpc) is 2.35. The molecule has 0 amide bonds. The standard InChI is InChI=1S/C12H11BrFN3O/c13-9-1-2-11(10(14)5-9)18-12-16-6-8(3-4-15)7-17-12/h1-2,5-7H,3-4,15H2. The van der Waals surface area contributed by atoms with Gasteiger partial charge in [0.15, 0.2) is 11.6 Å². The molecule has 1 aromatic heterocycles. The maximum Gasteiger partial charge on any atom is 0.321 e. The minimum Gasteiger partial charge on any atom is -0.421 e. The van der Waals surface area contributed by atoms with Crippen LogP contribution in [-0.2, 0) is 6.42 Å². The molecule has 1 heterocycles. The first kappa shape index (κ1) is 12.9. The third-order valence-corrected chi connectivity index (χ3v) is 2.70. The fourth-order valence-electron chi connectivity index (χ4n) is 1.35. The van der Waals surface area contributed by atoms with Crippen molar-refractivity contribution in [2.75, 3.05) is 6.54 Å². The van der Waals surface area contributed by atoms with E-state index in [0.29, 0.717) is 17.4 Å². The first-order valence-corrected chi connectivity index (χ1v) is 6.12. The Morgan fingerprint density at radius 1 is 1.28 bits per heavy atom. The van der Waals surface area contributed by atoms with Crippen molar-refractivity contribution >= 4 is 15.9 Å². The second-order valence-electron chi connectivity index (χ2n) is 3.59. The lowest BCUT2D eigenvalue weighted by molar-refractivity contribution is 0.410. The van der Waals surface area contributed by atoms with Gasteiger partial charge in [-0.15, -0.1) is 0 Å². The predicted molar refractivity (Wildman–Crippen MR) is 69.0 cm³/mol. The van der Waals surface area contributed by atoms with Crippen LogP contribution in [-0.4, -0.2) is 16.5 Å². The molecule has 0 unspecified atom stereocenters. The Balaban J connectivity index is 2.13. The van der Waals surface area contributed by atoms with Crippen molar-refractivity contribution < 1.29 is 9.13 Å². The zero-order valence-corrected chi connectivity index (χ0v) is 11.0. The number of hydrogen-bond acceptors (Lipinski definition) is 4. The first-order valence-electron chi connectivity index (χ1n) is 5.33. The number of halogens is 2. The van der Waals surface area contributed by atoms with Crippen LogP contribution in [0.3, 0.4) is 0 Å². The van der Waals surface area contributed by atoms with E-state index >= 15 is 0 Å². The topological polar surface area (TPSA) is 61.0 Å². The van der Waals surface area contributed by atoms with Crippen LogP contribution in [0.2, 0.25) is 0 Å². The summed E-state index contributed by atoms with van der Waals surface area (Å²) >= 11 is 3.17. The molecule has 2 aromatic rings. The lowest BCUT2D eigenvalue weighted by Gasteiger charge is -2.05. The van der Waals surface area contributed by atoms with Crippen molar-refractivity contribution in [1.29, 1.82) is 0 Å². The minimum atomic E-state index is -0.473. The van der Waals surface area contributed by atoms with Crippen LogP contribution in [0.25, 0.3) is 0 Å². The summed E-state index contributed by atoms with van der Waals surface area (Å²) in [5, 5.41) is 0. The zero-order valence-electron chi connectivity index (χ0n) is 9.44. The average molecular weight is 312 g/mol. The van der Waals surface area contributed by atoms with Gasteiger partial charge in [-0.2, -0.15) is 0 Å². The Hall–Kier alpha value is -1.53. The predicted octanol–water partition coefficient (Wildman–Crippen LogP) is 2.67. The molecule has 2 rings (SSSR count). The Kier molecular flexibility index (Phi) is 4.22. The monoisotopic (exact) mass is 311 g/mol. The number of nitrogens with two attached hydrogens (primary N) is 1. The molecule has 94 valence electrons. The molecule has 1 aromatic carbocycles. The summed E-state index contributed by atoms with van der Waals surface area (Å²) < 4.78 is 19.4. The van der Waals surface area contributed by atoms with Gasteiger partial charge in [-0.25, -0.2) is 14.4 Å². The lowest BCUT2D eigenvalue weighted by Crippen LogP contribution is -2.04. The molecule has 6 heteroatoms. The summed E-state index contributed by atoms with van der Waals surface area (Å²) in [6, 6.07) is 4.62. The van der Waals surface area contributed by atoms with E-state index < -0.39 is 5.82 Å². The van der Waals surface area contributed by atoms with E-state index in [2.05, 4.69) is 25.9 Å². The van der Waals surface area contributed by atoms with E-state index in [0.717, 1.165) is 5.56 Å². The van der Waals surface area contributed by atoms with Crippen molar-refractivity contribution in [2.24, 2.45) is 5.73 Å². The van der Waals surface area contributed by atoms with Gasteiger partial charge in [0, 0.05) is 16.9 Å². The van der Waals surface area contributed by atoms with E-state index in [1.165, 1.54) is 12.1 Å². The largest absolute Gasteiger partial charge is 0.421 e. The molecule has 0 saturated heterocycles. The Bertz CT molecular complexity index is 533. The highest BCUT2D eigenvalue weighted by atomic mass is 79.9. The van der Waals surface area contributed by atoms with E-state index in [-0.39, 0.29) is 11.8 Å². The summed E-state index contributed by atoms with van der Waals surface area (Å²) in [7, 11) is 0. The number of rotatable bonds is 4. The van der Waals surface area contributed by atoms with Gasteiger partial charge in [-0.05, 0) is 36.7 Å². The molecule has 0 aliphatic heterocycles. The molecular formula is C12H11BrFN3O. The van der Waals surface area contributed by atoms with E-state index in [4.69, 9.17) is 10.5 Å². The maximum absolute atomic E-state index is 13.5. The van der Waals surface area contributed by atoms with Crippen LogP contribution in [0, 0.1) is 5.82 Å². The Morgan fingerprint density at radius 2 is 2.00 bits per heavy atom. The number of benzene rings is 1. The summed E-state index contributed by atoms with van der Waals surface area (Å²) in [6.45, 7) is 0.533. The molecule has 0 fully saturated rings. The minimum absolute atomic E-state index is 0.0878. The molecule has 2 N–H and O–H groups in total. The molecular weight excluding hydrogens is 301 g/mol. The maximum atomic E-state index is 13.5. The quantitative estimate of drug-likeness (QED) is 0.943. The third-order valence-electron chi connectivity index (χ3n) is 2.21. The van der Waals surface area contributed by atoms with E-state index in [9.17, 15) is 4.39 Å². The lowest BCUT2D eigenvalue weighted by atomic mass is 10.2. The second-order valence-corrected chi connectivity index (χ2v) is 4.51. The summed E-state index contributed by atoms with van der Waals surface area (Å²) in [6.07, 6.45) is 3.94. The van der Waals surface area contributed by atoms with Crippen molar-refractivity contribution in [1.82, 2.24) is 9.97 Å². The molecule has 18 heavy (non-hydrogen) atoms. The van der Waals surface area contributed by atoms with Gasteiger partial charge >= 0.3 is 6.01 Å². The molecule has 0 bridgehead atoms. The van der Waals surface area contributed by atoms with Gasteiger partial charge in [-0.1, -0.05) is 15.9 Å². The summed E-state index contributed by atoms with van der Waals surface area (Å²) in [4.78, 5) is 7.98. The van der Waals surface area contributed by atoms with Crippen molar-refractivity contribution in [2.45, 2.75) is 6.42 Å². The van der Waals surface area contributed by atoms with Crippen LogP contribution in [0.4, 0.5) is 4.39 Å². The van der Waals surface area contributed by atoms with Crippen molar-refractivity contribution in [3.8, 4) is 11.8 Å². The van der Waals surface area contributed by atoms with Crippen LogP contribution in [0.15, 0.2) is 35.1 Å². The Morgan fingerprint density at radius 3 is 2.61 bits per heavy atom. The SMILES string of the molecule is NCCc1cnc(Oc2ccc(Br)cc2F)nc1. The molecule has 0 radical (unpaired) electrons. The number of hydrogen-bond donors (Lipinski definition) is 1. The van der Waals surface area contributed by atoms with Gasteiger partial charge in [0.25, 0.3) is 0 Å². The van der Waals surface area contributed by atoms with Gasteiger partial charge < -0.3 is 10.5 Å². The second kappa shape index (κ2) is 5.88. The van der Waals surface area contributed by atoms with Gasteiger partial charge in [-0.3, -0.25) is 0 Å². The smallest absolute Gasteiger partial charge is 0.321 e. The number of nitrogens with zero attached hydrogens (tertiary/aromatic N) is 2. The zero-order chi connectivity index (χ0) is 13.0. The molecule has 0 aliphatic rings. The molecule has 0 spiro atoms. The summed E-state index contributed by atoms with van der Waals surface area (Å²) in [5.74, 6) is -0.385. The van der Waals surface area contributed by atoms with Crippen LogP contribution in [0.1, 0.15) is 5.56 Å². The highest BCUT2D eigenvalue weighted by molar-refractivity contribution is 9.10. The Labute approximate surface area is 112 Å². The molecule has 0 aliphatic carbocycles. The highest BCUT2D eigenvalue weighted by Crippen LogP contribution is 2.24. The summed E-state index contributed by atoms with van der Waals surface area (Å²) in [5.41, 5.74) is 6.33. The fraction of sp³-hybridized carbons (Fsp3) is 0.167. The van der Waals surface area contributed by atoms with Crippen molar-refractivity contribution in [3.63, 3.8) is 0 Å². The molecule has 0 atom stereocenters. The highest BCUT2D eigenvalue weighted by Gasteiger charge is 2.07. The van der Waals surface area contributed by atoms with Gasteiger partial charge in [0.2, 0.25) is 0 Å². The van der Waals surface area contributed by atoms with Crippen molar-refractivity contribution in [3.05, 3.63) is 46.4 Å². The normalized spacial score (nSPS) is 10.4.